The van der Waals surface area contributed by atoms with Gasteiger partial charge in [-0.1, -0.05) is 37.3 Å². The van der Waals surface area contributed by atoms with Crippen LogP contribution in [0.15, 0.2) is 65.4 Å². The van der Waals surface area contributed by atoms with E-state index in [1.54, 1.807) is 17.1 Å². The molecule has 5 rings (SSSR count). The molecule has 0 spiro atoms. The van der Waals surface area contributed by atoms with E-state index in [9.17, 15) is 4.79 Å². The first-order chi connectivity index (χ1) is 17.1. The maximum absolute atomic E-state index is 13.6. The van der Waals surface area contributed by atoms with Gasteiger partial charge in [-0.25, -0.2) is 9.67 Å². The van der Waals surface area contributed by atoms with Crippen molar-refractivity contribution in [3.63, 3.8) is 0 Å². The smallest absolute Gasteiger partial charge is 0.252 e. The van der Waals surface area contributed by atoms with Crippen LogP contribution in [0.5, 0.6) is 0 Å². The van der Waals surface area contributed by atoms with Gasteiger partial charge in [0.2, 0.25) is 0 Å². The van der Waals surface area contributed by atoms with Gasteiger partial charge in [0.1, 0.15) is 12.3 Å². The number of amides is 1. The highest BCUT2D eigenvalue weighted by Gasteiger charge is 2.32. The Bertz CT molecular complexity index is 1280. The molecule has 0 radical (unpaired) electrons. The van der Waals surface area contributed by atoms with E-state index in [1.165, 1.54) is 0 Å². The summed E-state index contributed by atoms with van der Waals surface area (Å²) in [4.78, 5) is 20.9. The van der Waals surface area contributed by atoms with E-state index in [-0.39, 0.29) is 11.4 Å². The molecule has 8 nitrogen and oxygen atoms in total. The molecule has 35 heavy (non-hydrogen) atoms. The monoisotopic (exact) mass is 473 g/mol. The minimum absolute atomic E-state index is 0.125. The second kappa shape index (κ2) is 10.0. The molecule has 1 fully saturated rings. The fraction of sp³-hybridized carbons (Fsp3) is 0.370. The number of carbonyl (C=O) groups is 1. The first kappa shape index (κ1) is 23.3. The largest absolute Gasteiger partial charge is 0.467 e. The molecular weight excluding hydrogens is 442 g/mol. The zero-order chi connectivity index (χ0) is 24.3. The quantitative estimate of drug-likeness (QED) is 0.417. The Morgan fingerprint density at radius 2 is 1.94 bits per heavy atom. The SMILES string of the molecule is CCC(C)(CNC(=O)c1cc(-c2ccccc2)nc2c1cnn2Cc1ccco1)N1CCOCC1. The maximum atomic E-state index is 13.6. The summed E-state index contributed by atoms with van der Waals surface area (Å²) in [6.45, 7) is 8.56. The van der Waals surface area contributed by atoms with Crippen molar-refractivity contribution in [3.05, 3.63) is 72.3 Å². The van der Waals surface area contributed by atoms with E-state index in [0.29, 0.717) is 24.3 Å². The molecule has 1 unspecified atom stereocenters. The lowest BCUT2D eigenvalue weighted by Crippen LogP contribution is -2.56. The Labute approximate surface area is 204 Å². The van der Waals surface area contributed by atoms with Gasteiger partial charge in [-0.3, -0.25) is 9.69 Å². The average Bonchev–Trinajstić information content (AvgIpc) is 3.58. The Balaban J connectivity index is 1.48. The third-order valence-corrected chi connectivity index (χ3v) is 6.98. The maximum Gasteiger partial charge on any atom is 0.252 e. The third kappa shape index (κ3) is 4.85. The fourth-order valence-electron chi connectivity index (χ4n) is 4.59. The van der Waals surface area contributed by atoms with Crippen LogP contribution >= 0.6 is 0 Å². The van der Waals surface area contributed by atoms with Gasteiger partial charge in [0, 0.05) is 30.7 Å². The van der Waals surface area contributed by atoms with Crippen LogP contribution in [0.25, 0.3) is 22.3 Å². The Morgan fingerprint density at radius 3 is 2.66 bits per heavy atom. The number of carbonyl (C=O) groups excluding carboxylic acids is 1. The highest BCUT2D eigenvalue weighted by molar-refractivity contribution is 6.06. The molecule has 0 bridgehead atoms. The number of hydrogen-bond acceptors (Lipinski definition) is 6. The van der Waals surface area contributed by atoms with Crippen molar-refractivity contribution in [2.24, 2.45) is 0 Å². The second-order valence-electron chi connectivity index (χ2n) is 9.17. The molecule has 1 amide bonds. The predicted octanol–water partition coefficient (Wildman–Crippen LogP) is 3.97. The zero-order valence-corrected chi connectivity index (χ0v) is 20.2. The minimum Gasteiger partial charge on any atom is -0.467 e. The van der Waals surface area contributed by atoms with Crippen LogP contribution in [0.4, 0.5) is 0 Å². The van der Waals surface area contributed by atoms with Gasteiger partial charge in [0.25, 0.3) is 5.91 Å². The molecule has 1 aliphatic heterocycles. The van der Waals surface area contributed by atoms with Crippen molar-refractivity contribution in [2.45, 2.75) is 32.4 Å². The molecule has 3 aromatic heterocycles. The van der Waals surface area contributed by atoms with Crippen LogP contribution in [0.3, 0.4) is 0 Å². The molecule has 8 heteroatoms. The predicted molar refractivity (Wildman–Crippen MR) is 134 cm³/mol. The first-order valence-corrected chi connectivity index (χ1v) is 12.1. The van der Waals surface area contributed by atoms with Crippen molar-refractivity contribution >= 4 is 16.9 Å². The number of aromatic nitrogens is 3. The summed E-state index contributed by atoms with van der Waals surface area (Å²) in [7, 11) is 0. The van der Waals surface area contributed by atoms with Gasteiger partial charge in [-0.15, -0.1) is 0 Å². The van der Waals surface area contributed by atoms with Gasteiger partial charge in [-0.2, -0.15) is 5.10 Å². The van der Waals surface area contributed by atoms with E-state index in [4.69, 9.17) is 14.1 Å². The molecule has 1 aliphatic rings. The van der Waals surface area contributed by atoms with E-state index >= 15 is 0 Å². The standard InChI is InChI=1S/C27H31N5O3/c1-3-27(2,31-11-14-34-15-12-31)19-28-26(33)22-16-24(20-8-5-4-6-9-20)30-25-23(22)17-29-32(25)18-21-10-7-13-35-21/h4-10,13,16-17H,3,11-12,14-15,18-19H2,1-2H3,(H,28,33). The van der Waals surface area contributed by atoms with E-state index in [0.717, 1.165) is 55.1 Å². The van der Waals surface area contributed by atoms with Crippen molar-refractivity contribution in [1.82, 2.24) is 25.0 Å². The summed E-state index contributed by atoms with van der Waals surface area (Å²) in [6, 6.07) is 15.5. The van der Waals surface area contributed by atoms with Gasteiger partial charge >= 0.3 is 0 Å². The van der Waals surface area contributed by atoms with Crippen LogP contribution < -0.4 is 5.32 Å². The van der Waals surface area contributed by atoms with Gasteiger partial charge in [0.05, 0.1) is 42.3 Å². The summed E-state index contributed by atoms with van der Waals surface area (Å²) >= 11 is 0. The third-order valence-electron chi connectivity index (χ3n) is 6.98. The highest BCUT2D eigenvalue weighted by atomic mass is 16.5. The number of rotatable bonds is 8. The Morgan fingerprint density at radius 1 is 1.14 bits per heavy atom. The normalized spacial score (nSPS) is 16.3. The molecule has 182 valence electrons. The van der Waals surface area contributed by atoms with Crippen molar-refractivity contribution < 1.29 is 13.9 Å². The number of benzene rings is 1. The molecular formula is C27H31N5O3. The summed E-state index contributed by atoms with van der Waals surface area (Å²) in [5.74, 6) is 0.650. The van der Waals surface area contributed by atoms with Crippen molar-refractivity contribution in [1.29, 1.82) is 0 Å². The summed E-state index contributed by atoms with van der Waals surface area (Å²) < 4.78 is 12.8. The Kier molecular flexibility index (Phi) is 6.66. The number of hydrogen-bond donors (Lipinski definition) is 1. The molecule has 0 aliphatic carbocycles. The lowest BCUT2D eigenvalue weighted by Gasteiger charge is -2.43. The number of furan rings is 1. The molecule has 1 saturated heterocycles. The van der Waals surface area contributed by atoms with Crippen LogP contribution in [0.1, 0.15) is 36.4 Å². The summed E-state index contributed by atoms with van der Waals surface area (Å²) in [5, 5.41) is 8.47. The van der Waals surface area contributed by atoms with Gasteiger partial charge in [0.15, 0.2) is 5.65 Å². The van der Waals surface area contributed by atoms with Gasteiger partial charge in [-0.05, 0) is 31.5 Å². The molecule has 1 atom stereocenters. The van der Waals surface area contributed by atoms with Crippen LogP contribution in [0.2, 0.25) is 0 Å². The fourth-order valence-corrected chi connectivity index (χ4v) is 4.59. The number of ether oxygens (including phenoxy) is 1. The molecule has 1 aromatic carbocycles. The second-order valence-corrected chi connectivity index (χ2v) is 9.17. The number of nitrogens with one attached hydrogen (secondary N) is 1. The molecule has 4 heterocycles. The number of morpholine rings is 1. The highest BCUT2D eigenvalue weighted by Crippen LogP contribution is 2.26. The lowest BCUT2D eigenvalue weighted by atomic mass is 9.95. The molecule has 4 aromatic rings. The number of nitrogens with zero attached hydrogens (tertiary/aromatic N) is 4. The summed E-state index contributed by atoms with van der Waals surface area (Å²) in [6.07, 6.45) is 4.28. The van der Waals surface area contributed by atoms with E-state index < -0.39 is 0 Å². The molecule has 1 N–H and O–H groups in total. The van der Waals surface area contributed by atoms with Crippen molar-refractivity contribution in [2.75, 3.05) is 32.8 Å². The minimum atomic E-state index is -0.142. The van der Waals surface area contributed by atoms with E-state index in [2.05, 4.69) is 29.2 Å². The average molecular weight is 474 g/mol. The number of fused-ring (bicyclic) bond motifs is 1. The number of pyridine rings is 1. The van der Waals surface area contributed by atoms with Crippen LogP contribution in [-0.2, 0) is 11.3 Å². The zero-order valence-electron chi connectivity index (χ0n) is 20.2. The lowest BCUT2D eigenvalue weighted by molar-refractivity contribution is -0.0169. The van der Waals surface area contributed by atoms with E-state index in [1.807, 2.05) is 48.5 Å². The first-order valence-electron chi connectivity index (χ1n) is 12.1. The van der Waals surface area contributed by atoms with Crippen molar-refractivity contribution in [3.8, 4) is 11.3 Å². The topological polar surface area (TPSA) is 85.4 Å². The molecule has 0 saturated carbocycles. The van der Waals surface area contributed by atoms with Crippen LogP contribution in [0, 0.1) is 0 Å². The van der Waals surface area contributed by atoms with Gasteiger partial charge < -0.3 is 14.5 Å². The summed E-state index contributed by atoms with van der Waals surface area (Å²) in [5.41, 5.74) is 2.76. The Hall–Kier alpha value is -3.49. The van der Waals surface area contributed by atoms with Crippen LogP contribution in [-0.4, -0.2) is 64.0 Å².